The van der Waals surface area contributed by atoms with Gasteiger partial charge in [0.1, 0.15) is 4.88 Å². The molecule has 0 saturated heterocycles. The molecule has 7 heteroatoms. The molecule has 0 aliphatic rings. The minimum Gasteiger partial charge on any atom is -0.462 e. The molecular formula is C14H10ClF3O2S. The SMILES string of the molecule is CCOC(=O)c1c(-c2ccc(Cl)cc2)csc1C(F)(F)F. The predicted molar refractivity (Wildman–Crippen MR) is 75.7 cm³/mol. The molecule has 0 bridgehead atoms. The summed E-state index contributed by atoms with van der Waals surface area (Å²) < 4.78 is 43.8. The van der Waals surface area contributed by atoms with Gasteiger partial charge in [-0.15, -0.1) is 11.3 Å². The van der Waals surface area contributed by atoms with Gasteiger partial charge in [0, 0.05) is 16.0 Å². The van der Waals surface area contributed by atoms with Crippen LogP contribution in [0.5, 0.6) is 0 Å². The smallest absolute Gasteiger partial charge is 0.426 e. The highest BCUT2D eigenvalue weighted by Crippen LogP contribution is 2.42. The number of ether oxygens (including phenoxy) is 1. The van der Waals surface area contributed by atoms with Gasteiger partial charge in [-0.2, -0.15) is 13.2 Å². The third-order valence-corrected chi connectivity index (χ3v) is 3.96. The molecule has 1 heterocycles. The average Bonchev–Trinajstić information content (AvgIpc) is 2.84. The summed E-state index contributed by atoms with van der Waals surface area (Å²) in [5, 5.41) is 1.76. The Labute approximate surface area is 128 Å². The lowest BCUT2D eigenvalue weighted by atomic mass is 10.0. The maximum absolute atomic E-state index is 13.0. The van der Waals surface area contributed by atoms with E-state index >= 15 is 0 Å². The standard InChI is InChI=1S/C14H10ClF3O2S/c1-2-20-13(19)11-10(7-21-12(11)14(16,17)18)8-3-5-9(15)6-4-8/h3-7H,2H2,1H3. The number of carbonyl (C=O) groups excluding carboxylic acids is 1. The summed E-state index contributed by atoms with van der Waals surface area (Å²) in [7, 11) is 0. The molecule has 0 spiro atoms. The van der Waals surface area contributed by atoms with Crippen LogP contribution < -0.4 is 0 Å². The fraction of sp³-hybridized carbons (Fsp3) is 0.214. The number of hydrogen-bond donors (Lipinski definition) is 0. The maximum Gasteiger partial charge on any atom is 0.426 e. The lowest BCUT2D eigenvalue weighted by Gasteiger charge is -2.09. The quantitative estimate of drug-likeness (QED) is 0.715. The van der Waals surface area contributed by atoms with Crippen molar-refractivity contribution in [1.29, 1.82) is 0 Å². The van der Waals surface area contributed by atoms with Crippen molar-refractivity contribution in [3.05, 3.63) is 45.1 Å². The highest BCUT2D eigenvalue weighted by Gasteiger charge is 2.39. The van der Waals surface area contributed by atoms with Gasteiger partial charge in [-0.1, -0.05) is 23.7 Å². The van der Waals surface area contributed by atoms with Crippen LogP contribution in [0.2, 0.25) is 5.02 Å². The molecule has 0 amide bonds. The zero-order valence-electron chi connectivity index (χ0n) is 10.8. The maximum atomic E-state index is 13.0. The van der Waals surface area contributed by atoms with Gasteiger partial charge < -0.3 is 4.74 Å². The summed E-state index contributed by atoms with van der Waals surface area (Å²) in [5.74, 6) is -0.976. The van der Waals surface area contributed by atoms with Crippen LogP contribution in [-0.2, 0) is 10.9 Å². The van der Waals surface area contributed by atoms with Crippen molar-refractivity contribution >= 4 is 28.9 Å². The fourth-order valence-corrected chi connectivity index (χ4v) is 2.87. The second kappa shape index (κ2) is 6.07. The van der Waals surface area contributed by atoms with Crippen LogP contribution in [0.25, 0.3) is 11.1 Å². The fourth-order valence-electron chi connectivity index (χ4n) is 1.81. The van der Waals surface area contributed by atoms with E-state index in [1.54, 1.807) is 31.2 Å². The third-order valence-electron chi connectivity index (χ3n) is 2.68. The molecule has 0 saturated carbocycles. The Morgan fingerprint density at radius 2 is 1.90 bits per heavy atom. The molecule has 0 aliphatic heterocycles. The molecule has 0 fully saturated rings. The van der Waals surface area contributed by atoms with E-state index < -0.39 is 22.6 Å². The average molecular weight is 335 g/mol. The monoisotopic (exact) mass is 334 g/mol. The van der Waals surface area contributed by atoms with Gasteiger partial charge in [-0.3, -0.25) is 0 Å². The van der Waals surface area contributed by atoms with Crippen molar-refractivity contribution in [1.82, 2.24) is 0 Å². The van der Waals surface area contributed by atoms with Crippen LogP contribution in [0.1, 0.15) is 22.2 Å². The molecule has 0 radical (unpaired) electrons. The van der Waals surface area contributed by atoms with Crippen molar-refractivity contribution in [3.8, 4) is 11.1 Å². The Morgan fingerprint density at radius 3 is 2.43 bits per heavy atom. The van der Waals surface area contributed by atoms with Crippen LogP contribution in [0.15, 0.2) is 29.6 Å². The first kappa shape index (κ1) is 15.9. The summed E-state index contributed by atoms with van der Waals surface area (Å²) in [6, 6.07) is 6.23. The molecule has 0 N–H and O–H groups in total. The lowest BCUT2D eigenvalue weighted by molar-refractivity contribution is -0.134. The van der Waals surface area contributed by atoms with E-state index in [0.717, 1.165) is 0 Å². The van der Waals surface area contributed by atoms with Crippen molar-refractivity contribution in [2.45, 2.75) is 13.1 Å². The molecule has 2 nitrogen and oxygen atoms in total. The summed E-state index contributed by atoms with van der Waals surface area (Å²) in [5.41, 5.74) is 0.230. The Morgan fingerprint density at radius 1 is 1.29 bits per heavy atom. The molecule has 0 unspecified atom stereocenters. The van der Waals surface area contributed by atoms with Gasteiger partial charge in [0.15, 0.2) is 0 Å². The molecule has 2 rings (SSSR count). The second-order valence-corrected chi connectivity index (χ2v) is 5.39. The minimum absolute atomic E-state index is 0.00599. The van der Waals surface area contributed by atoms with Crippen LogP contribution in [-0.4, -0.2) is 12.6 Å². The topological polar surface area (TPSA) is 26.3 Å². The number of halogens is 4. The highest BCUT2D eigenvalue weighted by atomic mass is 35.5. The predicted octanol–water partition coefficient (Wildman–Crippen LogP) is 5.26. The van der Waals surface area contributed by atoms with Crippen LogP contribution in [0.3, 0.4) is 0 Å². The molecule has 2 aromatic rings. The number of benzene rings is 1. The van der Waals surface area contributed by atoms with Crippen LogP contribution in [0.4, 0.5) is 13.2 Å². The zero-order chi connectivity index (χ0) is 15.6. The van der Waals surface area contributed by atoms with Crippen molar-refractivity contribution in [2.24, 2.45) is 0 Å². The van der Waals surface area contributed by atoms with Gasteiger partial charge in [0.25, 0.3) is 0 Å². The summed E-state index contributed by atoms with van der Waals surface area (Å²) in [6.07, 6.45) is -4.60. The van der Waals surface area contributed by atoms with Gasteiger partial charge in [0.2, 0.25) is 0 Å². The zero-order valence-corrected chi connectivity index (χ0v) is 12.4. The summed E-state index contributed by atoms with van der Waals surface area (Å²) in [4.78, 5) is 10.9. The van der Waals surface area contributed by atoms with E-state index in [-0.39, 0.29) is 12.2 Å². The van der Waals surface area contributed by atoms with Gasteiger partial charge in [-0.05, 0) is 24.6 Å². The van der Waals surface area contributed by atoms with E-state index in [1.807, 2.05) is 0 Å². The molecule has 0 aliphatic carbocycles. The van der Waals surface area contributed by atoms with Crippen molar-refractivity contribution in [2.75, 3.05) is 6.61 Å². The van der Waals surface area contributed by atoms with Gasteiger partial charge in [-0.25, -0.2) is 4.79 Å². The van der Waals surface area contributed by atoms with Crippen molar-refractivity contribution < 1.29 is 22.7 Å². The van der Waals surface area contributed by atoms with E-state index in [9.17, 15) is 18.0 Å². The molecule has 112 valence electrons. The first-order chi connectivity index (χ1) is 9.84. The molecular weight excluding hydrogens is 325 g/mol. The van der Waals surface area contributed by atoms with E-state index in [1.165, 1.54) is 5.38 Å². The highest BCUT2D eigenvalue weighted by molar-refractivity contribution is 7.11. The van der Waals surface area contributed by atoms with E-state index in [0.29, 0.717) is 21.9 Å². The molecule has 1 aromatic heterocycles. The lowest BCUT2D eigenvalue weighted by Crippen LogP contribution is -2.13. The Kier molecular flexibility index (Phi) is 4.58. The summed E-state index contributed by atoms with van der Waals surface area (Å²) >= 11 is 6.24. The third kappa shape index (κ3) is 3.39. The first-order valence-corrected chi connectivity index (χ1v) is 7.22. The number of rotatable bonds is 3. The number of esters is 1. The van der Waals surface area contributed by atoms with Gasteiger partial charge >= 0.3 is 12.1 Å². The number of alkyl halides is 3. The largest absolute Gasteiger partial charge is 0.462 e. The van der Waals surface area contributed by atoms with Crippen LogP contribution in [0, 0.1) is 0 Å². The number of hydrogen-bond acceptors (Lipinski definition) is 3. The van der Waals surface area contributed by atoms with E-state index in [2.05, 4.69) is 0 Å². The normalized spacial score (nSPS) is 11.5. The second-order valence-electron chi connectivity index (χ2n) is 4.08. The van der Waals surface area contributed by atoms with Crippen molar-refractivity contribution in [3.63, 3.8) is 0 Å². The molecule has 21 heavy (non-hydrogen) atoms. The van der Waals surface area contributed by atoms with Gasteiger partial charge in [0.05, 0.1) is 12.2 Å². The first-order valence-electron chi connectivity index (χ1n) is 5.96. The number of thiophene rings is 1. The minimum atomic E-state index is -4.60. The Hall–Kier alpha value is -1.53. The Bertz CT molecular complexity index is 647. The number of carbonyl (C=O) groups is 1. The Balaban J connectivity index is 2.58. The molecule has 0 atom stereocenters. The molecule has 1 aromatic carbocycles. The summed E-state index contributed by atoms with van der Waals surface area (Å²) in [6.45, 7) is 1.55. The van der Waals surface area contributed by atoms with Crippen LogP contribution >= 0.6 is 22.9 Å². The van der Waals surface area contributed by atoms with E-state index in [4.69, 9.17) is 16.3 Å².